The SMILES string of the molecule is CC(C)(C)OCC(=O)N1CCCCC(Oc2ccc(N=C=S)cc2)C1. The number of hydrogen-bond acceptors (Lipinski definition) is 5. The van der Waals surface area contributed by atoms with Crippen LogP contribution in [0.4, 0.5) is 5.69 Å². The van der Waals surface area contributed by atoms with Crippen molar-refractivity contribution in [2.45, 2.75) is 51.7 Å². The number of carbonyl (C=O) groups excluding carboxylic acids is 1. The summed E-state index contributed by atoms with van der Waals surface area (Å²) in [6.45, 7) is 7.31. The third-order valence-corrected chi connectivity index (χ3v) is 4.02. The van der Waals surface area contributed by atoms with Crippen LogP contribution in [0.15, 0.2) is 29.3 Å². The molecule has 2 rings (SSSR count). The summed E-state index contributed by atoms with van der Waals surface area (Å²) in [7, 11) is 0. The Balaban J connectivity index is 1.94. The molecule has 1 unspecified atom stereocenters. The fourth-order valence-corrected chi connectivity index (χ4v) is 2.75. The van der Waals surface area contributed by atoms with Gasteiger partial charge in [0.15, 0.2) is 0 Å². The monoisotopic (exact) mass is 362 g/mol. The van der Waals surface area contributed by atoms with Gasteiger partial charge in [-0.2, -0.15) is 4.99 Å². The van der Waals surface area contributed by atoms with Crippen LogP contribution < -0.4 is 4.74 Å². The molecule has 6 heteroatoms. The highest BCUT2D eigenvalue weighted by Crippen LogP contribution is 2.22. The zero-order valence-corrected chi connectivity index (χ0v) is 16.0. The minimum absolute atomic E-state index is 0.0130. The summed E-state index contributed by atoms with van der Waals surface area (Å²) in [4.78, 5) is 18.2. The average Bonchev–Trinajstić information content (AvgIpc) is 2.80. The lowest BCUT2D eigenvalue weighted by molar-refractivity contribution is -0.141. The molecule has 0 saturated carbocycles. The zero-order chi connectivity index (χ0) is 18.3. The maximum absolute atomic E-state index is 12.4. The number of carbonyl (C=O) groups is 1. The van der Waals surface area contributed by atoms with Gasteiger partial charge in [-0.05, 0) is 76.5 Å². The van der Waals surface area contributed by atoms with Crippen molar-refractivity contribution < 1.29 is 14.3 Å². The van der Waals surface area contributed by atoms with Crippen molar-refractivity contribution in [3.63, 3.8) is 0 Å². The van der Waals surface area contributed by atoms with Crippen molar-refractivity contribution in [2.24, 2.45) is 4.99 Å². The van der Waals surface area contributed by atoms with Crippen LogP contribution in [0.3, 0.4) is 0 Å². The number of rotatable bonds is 5. The lowest BCUT2D eigenvalue weighted by atomic mass is 10.2. The van der Waals surface area contributed by atoms with E-state index in [-0.39, 0.29) is 24.2 Å². The van der Waals surface area contributed by atoms with Crippen LogP contribution in [-0.2, 0) is 9.53 Å². The van der Waals surface area contributed by atoms with E-state index in [0.717, 1.165) is 37.2 Å². The van der Waals surface area contributed by atoms with Gasteiger partial charge in [-0.15, -0.1) is 0 Å². The average molecular weight is 362 g/mol. The van der Waals surface area contributed by atoms with Crippen molar-refractivity contribution in [2.75, 3.05) is 19.7 Å². The smallest absolute Gasteiger partial charge is 0.248 e. The first-order valence-electron chi connectivity index (χ1n) is 8.64. The molecule has 1 heterocycles. The molecule has 0 spiro atoms. The number of likely N-dealkylation sites (tertiary alicyclic amines) is 1. The summed E-state index contributed by atoms with van der Waals surface area (Å²) < 4.78 is 11.7. The largest absolute Gasteiger partial charge is 0.489 e. The summed E-state index contributed by atoms with van der Waals surface area (Å²) in [5.74, 6) is 0.796. The predicted molar refractivity (Wildman–Crippen MR) is 102 cm³/mol. The van der Waals surface area contributed by atoms with Gasteiger partial charge in [-0.1, -0.05) is 0 Å². The van der Waals surface area contributed by atoms with E-state index in [4.69, 9.17) is 9.47 Å². The zero-order valence-electron chi connectivity index (χ0n) is 15.2. The fourth-order valence-electron chi connectivity index (χ4n) is 2.64. The van der Waals surface area contributed by atoms with Crippen molar-refractivity contribution in [1.82, 2.24) is 4.90 Å². The quantitative estimate of drug-likeness (QED) is 0.587. The van der Waals surface area contributed by atoms with Crippen LogP contribution in [0, 0.1) is 0 Å². The van der Waals surface area contributed by atoms with Gasteiger partial charge in [0.25, 0.3) is 0 Å². The predicted octanol–water partition coefficient (Wildman–Crippen LogP) is 4.00. The van der Waals surface area contributed by atoms with Gasteiger partial charge >= 0.3 is 0 Å². The third kappa shape index (κ3) is 6.94. The van der Waals surface area contributed by atoms with E-state index in [1.54, 1.807) is 0 Å². The number of thiocarbonyl (C=S) groups is 1. The highest BCUT2D eigenvalue weighted by atomic mass is 32.1. The van der Waals surface area contributed by atoms with Gasteiger partial charge in [0.2, 0.25) is 5.91 Å². The molecule has 25 heavy (non-hydrogen) atoms. The van der Waals surface area contributed by atoms with Crippen LogP contribution in [0.25, 0.3) is 0 Å². The number of hydrogen-bond donors (Lipinski definition) is 0. The second-order valence-electron chi connectivity index (χ2n) is 7.17. The lowest BCUT2D eigenvalue weighted by Gasteiger charge is -2.27. The molecule has 1 amide bonds. The second kappa shape index (κ2) is 9.09. The second-order valence-corrected chi connectivity index (χ2v) is 7.36. The molecule has 1 aliphatic rings. The molecule has 1 atom stereocenters. The molecule has 1 aliphatic heterocycles. The maximum atomic E-state index is 12.4. The number of amides is 1. The molecular weight excluding hydrogens is 336 g/mol. The van der Waals surface area contributed by atoms with Crippen LogP contribution >= 0.6 is 12.2 Å². The summed E-state index contributed by atoms with van der Waals surface area (Å²) in [5, 5.41) is 2.35. The Morgan fingerprint density at radius 3 is 2.68 bits per heavy atom. The van der Waals surface area contributed by atoms with Gasteiger partial charge in [-0.3, -0.25) is 4.79 Å². The number of aliphatic imine (C=N–C) groups is 1. The van der Waals surface area contributed by atoms with Crippen molar-refractivity contribution >= 4 is 29.0 Å². The summed E-state index contributed by atoms with van der Waals surface area (Å²) in [6.07, 6.45) is 2.95. The van der Waals surface area contributed by atoms with Gasteiger partial charge in [0, 0.05) is 6.54 Å². The van der Waals surface area contributed by atoms with Crippen LogP contribution in [0.1, 0.15) is 40.0 Å². The highest BCUT2D eigenvalue weighted by Gasteiger charge is 2.24. The van der Waals surface area contributed by atoms with Crippen molar-refractivity contribution in [3.8, 4) is 5.75 Å². The molecule has 0 bridgehead atoms. The van der Waals surface area contributed by atoms with Crippen LogP contribution in [0.2, 0.25) is 0 Å². The Bertz CT molecular complexity index is 619. The van der Waals surface area contributed by atoms with Gasteiger partial charge in [0.1, 0.15) is 18.5 Å². The van der Waals surface area contributed by atoms with E-state index < -0.39 is 0 Å². The van der Waals surface area contributed by atoms with Crippen molar-refractivity contribution in [1.29, 1.82) is 0 Å². The minimum Gasteiger partial charge on any atom is -0.489 e. The van der Waals surface area contributed by atoms with Gasteiger partial charge in [0.05, 0.1) is 23.0 Å². The maximum Gasteiger partial charge on any atom is 0.248 e. The molecule has 0 aliphatic carbocycles. The molecule has 1 saturated heterocycles. The van der Waals surface area contributed by atoms with Gasteiger partial charge < -0.3 is 14.4 Å². The van der Waals surface area contributed by atoms with E-state index in [0.29, 0.717) is 6.54 Å². The molecule has 0 N–H and O–H groups in total. The minimum atomic E-state index is -0.315. The topological polar surface area (TPSA) is 51.1 Å². The Labute approximate surface area is 155 Å². The van der Waals surface area contributed by atoms with E-state index in [2.05, 4.69) is 22.4 Å². The molecule has 0 radical (unpaired) electrons. The first-order valence-corrected chi connectivity index (χ1v) is 9.04. The standard InChI is InChI=1S/C19H26N2O3S/c1-19(2,3)23-13-18(22)21-11-5-4-6-17(12-21)24-16-9-7-15(8-10-16)20-14-25/h7-10,17H,4-6,11-13H2,1-3H3. The molecule has 1 aromatic rings. The molecule has 1 fully saturated rings. The molecule has 5 nitrogen and oxygen atoms in total. The lowest BCUT2D eigenvalue weighted by Crippen LogP contribution is -2.41. The Hall–Kier alpha value is -1.75. The Morgan fingerprint density at radius 2 is 2.04 bits per heavy atom. The number of benzene rings is 1. The van der Waals surface area contributed by atoms with Crippen LogP contribution in [0.5, 0.6) is 5.75 Å². The van der Waals surface area contributed by atoms with E-state index in [1.807, 2.05) is 49.9 Å². The first-order chi connectivity index (χ1) is 11.9. The molecule has 1 aromatic carbocycles. The fraction of sp³-hybridized carbons (Fsp3) is 0.579. The third-order valence-electron chi connectivity index (χ3n) is 3.92. The Morgan fingerprint density at radius 1 is 1.32 bits per heavy atom. The number of isothiocyanates is 1. The summed E-state index contributed by atoms with van der Waals surface area (Å²) in [5.41, 5.74) is 0.434. The van der Waals surface area contributed by atoms with E-state index in [9.17, 15) is 4.79 Å². The van der Waals surface area contributed by atoms with Gasteiger partial charge in [-0.25, -0.2) is 0 Å². The molecular formula is C19H26N2O3S. The normalized spacial score (nSPS) is 18.2. The summed E-state index contributed by atoms with van der Waals surface area (Å²) >= 11 is 4.60. The highest BCUT2D eigenvalue weighted by molar-refractivity contribution is 7.78. The summed E-state index contributed by atoms with van der Waals surface area (Å²) in [6, 6.07) is 7.41. The van der Waals surface area contributed by atoms with Crippen molar-refractivity contribution in [3.05, 3.63) is 24.3 Å². The first kappa shape index (κ1) is 19.6. The Kier molecular flexibility index (Phi) is 7.12. The van der Waals surface area contributed by atoms with Crippen LogP contribution in [-0.4, -0.2) is 47.4 Å². The number of nitrogens with zero attached hydrogens (tertiary/aromatic N) is 2. The van der Waals surface area contributed by atoms with E-state index in [1.165, 1.54) is 0 Å². The number of ether oxygens (including phenoxy) is 2. The molecule has 136 valence electrons. The van der Waals surface area contributed by atoms with E-state index >= 15 is 0 Å². The molecule has 0 aromatic heterocycles.